The lowest BCUT2D eigenvalue weighted by molar-refractivity contribution is -0.138. The highest BCUT2D eigenvalue weighted by molar-refractivity contribution is 5.84. The van der Waals surface area contributed by atoms with Crippen LogP contribution >= 0.6 is 0 Å². The minimum absolute atomic E-state index is 0.0346. The maximum atomic E-state index is 13.0. The lowest BCUT2D eigenvalue weighted by Crippen LogP contribution is -2.50. The van der Waals surface area contributed by atoms with Gasteiger partial charge in [-0.3, -0.25) is 9.59 Å². The molecule has 0 radical (unpaired) electrons. The molecular formula is C28H34N2O5. The highest BCUT2D eigenvalue weighted by Crippen LogP contribution is 2.44. The predicted molar refractivity (Wildman–Crippen MR) is 133 cm³/mol. The normalized spacial score (nSPS) is 16.3. The summed E-state index contributed by atoms with van der Waals surface area (Å²) in [5, 5.41) is 14.9. The Bertz CT molecular complexity index is 1040. The highest BCUT2D eigenvalue weighted by atomic mass is 16.5. The van der Waals surface area contributed by atoms with Crippen LogP contribution in [0.3, 0.4) is 0 Å². The van der Waals surface area contributed by atoms with Gasteiger partial charge in [0.25, 0.3) is 0 Å². The van der Waals surface area contributed by atoms with Crippen molar-refractivity contribution in [3.05, 3.63) is 59.7 Å². The van der Waals surface area contributed by atoms with E-state index in [9.17, 15) is 19.5 Å². The number of amides is 2. The van der Waals surface area contributed by atoms with Crippen molar-refractivity contribution in [2.75, 3.05) is 13.2 Å². The predicted octanol–water partition coefficient (Wildman–Crippen LogP) is 4.70. The summed E-state index contributed by atoms with van der Waals surface area (Å²) in [4.78, 5) is 36.8. The number of carboxylic acid groups (broad SMARTS) is 1. The van der Waals surface area contributed by atoms with E-state index in [0.29, 0.717) is 0 Å². The lowest BCUT2D eigenvalue weighted by Gasteiger charge is -2.29. The van der Waals surface area contributed by atoms with Gasteiger partial charge in [0, 0.05) is 18.5 Å². The molecule has 0 bridgehead atoms. The van der Waals surface area contributed by atoms with Gasteiger partial charge in [-0.2, -0.15) is 0 Å². The number of fused-ring (bicyclic) bond motifs is 3. The van der Waals surface area contributed by atoms with Crippen LogP contribution in [0, 0.1) is 11.3 Å². The Hall–Kier alpha value is -3.35. The molecule has 3 N–H and O–H groups in total. The van der Waals surface area contributed by atoms with E-state index in [0.717, 1.165) is 47.9 Å². The first-order valence-electron chi connectivity index (χ1n) is 12.4. The quantitative estimate of drug-likeness (QED) is 0.485. The summed E-state index contributed by atoms with van der Waals surface area (Å²) in [6, 6.07) is 15.9. The molecule has 1 fully saturated rings. The van der Waals surface area contributed by atoms with Crippen molar-refractivity contribution in [3.8, 4) is 11.1 Å². The molecule has 1 unspecified atom stereocenters. The number of carbonyl (C=O) groups is 3. The Labute approximate surface area is 206 Å². The lowest BCUT2D eigenvalue weighted by atomic mass is 9.89. The van der Waals surface area contributed by atoms with Crippen LogP contribution in [-0.2, 0) is 14.3 Å². The second kappa shape index (κ2) is 10.5. The molecule has 2 aromatic rings. The number of nitrogens with one attached hydrogen (secondary N) is 2. The third-order valence-electron chi connectivity index (χ3n) is 7.31. The number of hydrogen-bond acceptors (Lipinski definition) is 4. The Kier molecular flexibility index (Phi) is 7.43. The van der Waals surface area contributed by atoms with Crippen LogP contribution in [0.4, 0.5) is 4.79 Å². The third-order valence-corrected chi connectivity index (χ3v) is 7.31. The molecule has 7 nitrogen and oxygen atoms in total. The van der Waals surface area contributed by atoms with Crippen LogP contribution in [0.1, 0.15) is 63.0 Å². The molecule has 1 saturated carbocycles. The van der Waals surface area contributed by atoms with Crippen molar-refractivity contribution >= 4 is 18.0 Å². The first-order valence-corrected chi connectivity index (χ1v) is 12.4. The van der Waals surface area contributed by atoms with Crippen molar-refractivity contribution in [3.63, 3.8) is 0 Å². The number of carbonyl (C=O) groups excluding carboxylic acids is 2. The van der Waals surface area contributed by atoms with E-state index in [4.69, 9.17) is 4.74 Å². The zero-order chi connectivity index (χ0) is 25.0. The van der Waals surface area contributed by atoms with E-state index in [2.05, 4.69) is 34.9 Å². The Morgan fingerprint density at radius 1 is 1.00 bits per heavy atom. The maximum absolute atomic E-state index is 13.0. The molecule has 1 atom stereocenters. The number of rotatable bonds is 9. The van der Waals surface area contributed by atoms with Gasteiger partial charge < -0.3 is 20.5 Å². The minimum Gasteiger partial charge on any atom is -0.481 e. The van der Waals surface area contributed by atoms with E-state index >= 15 is 0 Å². The average molecular weight is 479 g/mol. The Morgan fingerprint density at radius 3 is 2.14 bits per heavy atom. The van der Waals surface area contributed by atoms with E-state index in [-0.39, 0.29) is 37.3 Å². The molecule has 2 aliphatic rings. The number of hydrogen-bond donors (Lipinski definition) is 3. The van der Waals surface area contributed by atoms with Crippen molar-refractivity contribution in [2.24, 2.45) is 11.3 Å². The minimum atomic E-state index is -0.920. The fourth-order valence-electron chi connectivity index (χ4n) is 5.27. The van der Waals surface area contributed by atoms with Gasteiger partial charge in [-0.15, -0.1) is 0 Å². The van der Waals surface area contributed by atoms with Gasteiger partial charge >= 0.3 is 12.1 Å². The Balaban J connectivity index is 1.31. The van der Waals surface area contributed by atoms with Gasteiger partial charge in [0.05, 0.1) is 11.8 Å². The molecule has 2 amide bonds. The summed E-state index contributed by atoms with van der Waals surface area (Å²) >= 11 is 0. The first-order chi connectivity index (χ1) is 16.8. The summed E-state index contributed by atoms with van der Waals surface area (Å²) in [5.41, 5.74) is 3.68. The van der Waals surface area contributed by atoms with Crippen LogP contribution in [0.2, 0.25) is 0 Å². The first kappa shape index (κ1) is 24.8. The summed E-state index contributed by atoms with van der Waals surface area (Å²) < 4.78 is 5.57. The zero-order valence-corrected chi connectivity index (χ0v) is 20.4. The second-order valence-electron chi connectivity index (χ2n) is 10.3. The molecule has 0 aliphatic heterocycles. The van der Waals surface area contributed by atoms with Gasteiger partial charge in [-0.05, 0) is 54.9 Å². The molecule has 0 aromatic heterocycles. The molecule has 0 spiro atoms. The summed E-state index contributed by atoms with van der Waals surface area (Å²) in [6.07, 6.45) is 3.30. The van der Waals surface area contributed by atoms with E-state index in [1.165, 1.54) is 0 Å². The van der Waals surface area contributed by atoms with Crippen LogP contribution in [0.5, 0.6) is 0 Å². The van der Waals surface area contributed by atoms with Crippen LogP contribution < -0.4 is 10.6 Å². The largest absolute Gasteiger partial charge is 0.481 e. The smallest absolute Gasteiger partial charge is 0.407 e. The molecule has 4 rings (SSSR count). The van der Waals surface area contributed by atoms with Crippen molar-refractivity contribution < 1.29 is 24.2 Å². The van der Waals surface area contributed by atoms with Gasteiger partial charge in [-0.1, -0.05) is 61.4 Å². The topological polar surface area (TPSA) is 105 Å². The molecule has 2 aliphatic carbocycles. The number of ether oxygens (including phenoxy) is 1. The van der Waals surface area contributed by atoms with Crippen LogP contribution in [0.15, 0.2) is 48.5 Å². The maximum Gasteiger partial charge on any atom is 0.407 e. The van der Waals surface area contributed by atoms with Gasteiger partial charge in [0.1, 0.15) is 6.61 Å². The molecule has 35 heavy (non-hydrogen) atoms. The molecule has 186 valence electrons. The third kappa shape index (κ3) is 5.66. The molecule has 0 heterocycles. The number of aliphatic carboxylic acids is 1. The van der Waals surface area contributed by atoms with E-state index in [1.54, 1.807) is 13.8 Å². The summed E-state index contributed by atoms with van der Waals surface area (Å²) in [5.74, 6) is -1.04. The summed E-state index contributed by atoms with van der Waals surface area (Å²) in [7, 11) is 0. The number of benzene rings is 2. The summed E-state index contributed by atoms with van der Waals surface area (Å²) in [6.45, 7) is 3.76. The highest BCUT2D eigenvalue weighted by Gasteiger charge is 2.35. The standard InChI is InChI=1S/C28H34N2O5/c1-28(2,26(33)30-24(15-25(31)32)18-9-3-4-10-18)17-29-27(34)35-16-23-21-13-7-5-11-19(21)20-12-6-8-14-22(20)23/h5-8,11-14,18,23-24H,3-4,9-10,15-17H2,1-2H3,(H,29,34)(H,30,33)(H,31,32). The van der Waals surface area contributed by atoms with E-state index in [1.807, 2.05) is 24.3 Å². The van der Waals surface area contributed by atoms with Crippen LogP contribution in [0.25, 0.3) is 11.1 Å². The number of alkyl carbamates (subject to hydrolysis) is 1. The molecule has 2 aromatic carbocycles. The van der Waals surface area contributed by atoms with Gasteiger partial charge in [0.15, 0.2) is 0 Å². The van der Waals surface area contributed by atoms with Crippen molar-refractivity contribution in [2.45, 2.75) is 57.9 Å². The molecule has 0 saturated heterocycles. The van der Waals surface area contributed by atoms with Crippen molar-refractivity contribution in [1.82, 2.24) is 10.6 Å². The SMILES string of the molecule is CC(C)(CNC(=O)OCC1c2ccccc2-c2ccccc21)C(=O)NC(CC(=O)O)C1CCCC1. The zero-order valence-electron chi connectivity index (χ0n) is 20.4. The average Bonchev–Trinajstić information content (AvgIpc) is 3.48. The van der Waals surface area contributed by atoms with Gasteiger partial charge in [0.2, 0.25) is 5.91 Å². The van der Waals surface area contributed by atoms with Crippen LogP contribution in [-0.4, -0.2) is 42.3 Å². The monoisotopic (exact) mass is 478 g/mol. The fourth-order valence-corrected chi connectivity index (χ4v) is 5.27. The second-order valence-corrected chi connectivity index (χ2v) is 10.3. The Morgan fingerprint density at radius 2 is 1.57 bits per heavy atom. The fraction of sp³-hybridized carbons (Fsp3) is 0.464. The molecule has 7 heteroatoms. The molecular weight excluding hydrogens is 444 g/mol. The van der Waals surface area contributed by atoms with Gasteiger partial charge in [-0.25, -0.2) is 4.79 Å². The number of carboxylic acids is 1. The van der Waals surface area contributed by atoms with E-state index < -0.39 is 23.5 Å². The van der Waals surface area contributed by atoms with Crippen molar-refractivity contribution in [1.29, 1.82) is 0 Å².